The number of nitrogen functional groups attached to an aromatic ring is 1. The van der Waals surface area contributed by atoms with Crippen LogP contribution in [0.25, 0.3) is 0 Å². The van der Waals surface area contributed by atoms with Crippen LogP contribution in [0.2, 0.25) is 0 Å². The molecule has 0 radical (unpaired) electrons. The first-order valence-electron chi connectivity index (χ1n) is 8.26. The third-order valence-electron chi connectivity index (χ3n) is 4.27. The van der Waals surface area contributed by atoms with E-state index in [4.69, 9.17) is 16.2 Å². The first-order valence-corrected chi connectivity index (χ1v) is 8.26. The Labute approximate surface area is 151 Å². The number of amides is 2. The summed E-state index contributed by atoms with van der Waals surface area (Å²) in [6.45, 7) is 2.05. The molecule has 1 aromatic carbocycles. The van der Waals surface area contributed by atoms with E-state index >= 15 is 0 Å². The van der Waals surface area contributed by atoms with Crippen molar-refractivity contribution in [2.24, 2.45) is 5.73 Å². The number of hydrogen-bond acceptors (Lipinski definition) is 5. The second-order valence-electron chi connectivity index (χ2n) is 6.16. The maximum atomic E-state index is 12.3. The molecule has 0 spiro atoms. The van der Waals surface area contributed by atoms with Crippen molar-refractivity contribution < 1.29 is 19.5 Å². The summed E-state index contributed by atoms with van der Waals surface area (Å²) < 4.78 is 0. The SMILES string of the molecule is C[C@@H](NCC(=O)O)C(=O)N1CC[C@H]1C(=O)NCc1ccc(C(=N)N)cc1. The van der Waals surface area contributed by atoms with Gasteiger partial charge in [0.1, 0.15) is 11.9 Å². The number of nitrogens with two attached hydrogens (primary N) is 1. The maximum Gasteiger partial charge on any atom is 0.317 e. The fraction of sp³-hybridized carbons (Fsp3) is 0.412. The summed E-state index contributed by atoms with van der Waals surface area (Å²) in [4.78, 5) is 36.6. The van der Waals surface area contributed by atoms with Gasteiger partial charge < -0.3 is 21.1 Å². The van der Waals surface area contributed by atoms with Crippen molar-refractivity contribution in [2.75, 3.05) is 13.1 Å². The lowest BCUT2D eigenvalue weighted by atomic mass is 10.0. The van der Waals surface area contributed by atoms with Gasteiger partial charge in [-0.3, -0.25) is 25.1 Å². The lowest BCUT2D eigenvalue weighted by Gasteiger charge is -2.41. The summed E-state index contributed by atoms with van der Waals surface area (Å²) in [5, 5.41) is 21.4. The normalized spacial score (nSPS) is 17.1. The molecule has 0 saturated carbocycles. The van der Waals surface area contributed by atoms with Gasteiger partial charge >= 0.3 is 5.97 Å². The van der Waals surface area contributed by atoms with Gasteiger partial charge in [-0.1, -0.05) is 24.3 Å². The molecule has 9 heteroatoms. The maximum absolute atomic E-state index is 12.3. The van der Waals surface area contributed by atoms with Gasteiger partial charge in [0.05, 0.1) is 12.6 Å². The predicted octanol–water partition coefficient (Wildman–Crippen LogP) is -0.750. The molecule has 26 heavy (non-hydrogen) atoms. The molecule has 0 aliphatic carbocycles. The monoisotopic (exact) mass is 361 g/mol. The number of carboxylic acids is 1. The number of carbonyl (C=O) groups excluding carboxylic acids is 2. The largest absolute Gasteiger partial charge is 0.480 e. The molecule has 140 valence electrons. The Morgan fingerprint density at radius 3 is 2.50 bits per heavy atom. The minimum absolute atomic E-state index is 0.0187. The van der Waals surface area contributed by atoms with Gasteiger partial charge in [-0.05, 0) is 18.9 Å². The second-order valence-corrected chi connectivity index (χ2v) is 6.16. The lowest BCUT2D eigenvalue weighted by Crippen LogP contribution is -2.61. The van der Waals surface area contributed by atoms with E-state index in [0.29, 0.717) is 25.1 Å². The lowest BCUT2D eigenvalue weighted by molar-refractivity contribution is -0.149. The van der Waals surface area contributed by atoms with Gasteiger partial charge in [0, 0.05) is 18.7 Å². The number of nitrogens with zero attached hydrogens (tertiary/aromatic N) is 1. The first-order chi connectivity index (χ1) is 12.3. The van der Waals surface area contributed by atoms with E-state index in [2.05, 4.69) is 10.6 Å². The Kier molecular flexibility index (Phi) is 6.29. The summed E-state index contributed by atoms with van der Waals surface area (Å²) in [6, 6.07) is 5.77. The van der Waals surface area contributed by atoms with Crippen LogP contribution in [0.3, 0.4) is 0 Å². The van der Waals surface area contributed by atoms with E-state index in [1.807, 2.05) is 0 Å². The zero-order chi connectivity index (χ0) is 19.3. The number of carboxylic acid groups (broad SMARTS) is 1. The summed E-state index contributed by atoms with van der Waals surface area (Å²) in [7, 11) is 0. The van der Waals surface area contributed by atoms with Crippen molar-refractivity contribution in [3.8, 4) is 0 Å². The van der Waals surface area contributed by atoms with Gasteiger partial charge in [-0.2, -0.15) is 0 Å². The highest BCUT2D eigenvalue weighted by Crippen LogP contribution is 2.19. The van der Waals surface area contributed by atoms with Gasteiger partial charge in [-0.15, -0.1) is 0 Å². The molecule has 1 saturated heterocycles. The Morgan fingerprint density at radius 1 is 1.35 bits per heavy atom. The Bertz CT molecular complexity index is 704. The van der Waals surface area contributed by atoms with Crippen molar-refractivity contribution in [3.63, 3.8) is 0 Å². The number of nitrogens with one attached hydrogen (secondary N) is 3. The van der Waals surface area contributed by atoms with Crippen LogP contribution >= 0.6 is 0 Å². The first kappa shape index (κ1) is 19.4. The van der Waals surface area contributed by atoms with Crippen molar-refractivity contribution in [3.05, 3.63) is 35.4 Å². The Balaban J connectivity index is 1.84. The molecule has 0 bridgehead atoms. The van der Waals surface area contributed by atoms with Crippen LogP contribution in [-0.2, 0) is 20.9 Å². The summed E-state index contributed by atoms with van der Waals surface area (Å²) in [5.41, 5.74) is 6.86. The average molecular weight is 361 g/mol. The highest BCUT2D eigenvalue weighted by Gasteiger charge is 2.38. The van der Waals surface area contributed by atoms with Crippen LogP contribution < -0.4 is 16.4 Å². The minimum Gasteiger partial charge on any atom is -0.480 e. The van der Waals surface area contributed by atoms with Crippen molar-refractivity contribution >= 4 is 23.6 Å². The molecule has 9 nitrogen and oxygen atoms in total. The van der Waals surface area contributed by atoms with Gasteiger partial charge in [0.15, 0.2) is 0 Å². The van der Waals surface area contributed by atoms with Gasteiger partial charge in [0.25, 0.3) is 0 Å². The van der Waals surface area contributed by atoms with Crippen LogP contribution in [0.15, 0.2) is 24.3 Å². The van der Waals surface area contributed by atoms with E-state index in [1.165, 1.54) is 4.90 Å². The molecule has 1 aromatic rings. The molecular formula is C17H23N5O4. The number of benzene rings is 1. The minimum atomic E-state index is -1.04. The average Bonchev–Trinajstić information content (AvgIpc) is 2.57. The highest BCUT2D eigenvalue weighted by molar-refractivity contribution is 5.95. The summed E-state index contributed by atoms with van der Waals surface area (Å²) in [5.74, 6) is -1.60. The number of rotatable bonds is 8. The predicted molar refractivity (Wildman–Crippen MR) is 94.5 cm³/mol. The third kappa shape index (κ3) is 4.79. The molecule has 1 aliphatic rings. The Hall–Kier alpha value is -2.94. The van der Waals surface area contributed by atoms with E-state index in [1.54, 1.807) is 31.2 Å². The molecule has 1 heterocycles. The van der Waals surface area contributed by atoms with Crippen molar-refractivity contribution in [1.82, 2.24) is 15.5 Å². The standard InChI is InChI=1S/C17H23N5O4/c1-10(20-9-14(23)24)17(26)22-7-6-13(22)16(25)21-8-11-2-4-12(5-3-11)15(18)19/h2-5,10,13,20H,6-9H2,1H3,(H3,18,19)(H,21,25)(H,23,24)/t10-,13+/m1/s1. The number of carbonyl (C=O) groups is 3. The quantitative estimate of drug-likeness (QED) is 0.304. The Morgan fingerprint density at radius 2 is 2.00 bits per heavy atom. The summed E-state index contributed by atoms with van der Waals surface area (Å²) in [6.07, 6.45) is 0.576. The number of likely N-dealkylation sites (tertiary alicyclic amines) is 1. The van der Waals surface area contributed by atoms with Crippen molar-refractivity contribution in [2.45, 2.75) is 32.0 Å². The fourth-order valence-corrected chi connectivity index (χ4v) is 2.61. The molecule has 2 atom stereocenters. The number of amidine groups is 1. The van der Waals surface area contributed by atoms with E-state index in [-0.39, 0.29) is 24.2 Å². The molecular weight excluding hydrogens is 338 g/mol. The second kappa shape index (κ2) is 8.43. The molecule has 1 fully saturated rings. The van der Waals surface area contributed by atoms with Gasteiger partial charge in [0.2, 0.25) is 11.8 Å². The summed E-state index contributed by atoms with van der Waals surface area (Å²) >= 11 is 0. The van der Waals surface area contributed by atoms with E-state index in [0.717, 1.165) is 5.56 Å². The van der Waals surface area contributed by atoms with Gasteiger partial charge in [-0.25, -0.2) is 0 Å². The van der Waals surface area contributed by atoms with Crippen LogP contribution in [0.1, 0.15) is 24.5 Å². The zero-order valence-electron chi connectivity index (χ0n) is 14.5. The fourth-order valence-electron chi connectivity index (χ4n) is 2.61. The molecule has 2 rings (SSSR count). The zero-order valence-corrected chi connectivity index (χ0v) is 14.5. The molecule has 0 unspecified atom stereocenters. The van der Waals surface area contributed by atoms with Crippen LogP contribution in [0.5, 0.6) is 0 Å². The smallest absolute Gasteiger partial charge is 0.317 e. The van der Waals surface area contributed by atoms with Crippen LogP contribution in [-0.4, -0.2) is 58.8 Å². The van der Waals surface area contributed by atoms with Crippen LogP contribution in [0, 0.1) is 5.41 Å². The third-order valence-corrected chi connectivity index (χ3v) is 4.27. The molecule has 1 aliphatic heterocycles. The number of hydrogen-bond donors (Lipinski definition) is 5. The molecule has 6 N–H and O–H groups in total. The number of aliphatic carboxylic acids is 1. The molecule has 2 amide bonds. The van der Waals surface area contributed by atoms with Crippen molar-refractivity contribution in [1.29, 1.82) is 5.41 Å². The van der Waals surface area contributed by atoms with Crippen LogP contribution in [0.4, 0.5) is 0 Å². The topological polar surface area (TPSA) is 149 Å². The molecule has 0 aromatic heterocycles. The van der Waals surface area contributed by atoms with E-state index < -0.39 is 18.1 Å². The highest BCUT2D eigenvalue weighted by atomic mass is 16.4. The van der Waals surface area contributed by atoms with E-state index in [9.17, 15) is 14.4 Å².